The van der Waals surface area contributed by atoms with Crippen molar-refractivity contribution in [3.63, 3.8) is 0 Å². The van der Waals surface area contributed by atoms with E-state index in [-0.39, 0.29) is 6.10 Å². The fourth-order valence-electron chi connectivity index (χ4n) is 3.39. The van der Waals surface area contributed by atoms with Gasteiger partial charge in [-0.2, -0.15) is 0 Å². The van der Waals surface area contributed by atoms with Crippen LogP contribution in [-0.4, -0.2) is 20.8 Å². The molecule has 0 spiro atoms. The van der Waals surface area contributed by atoms with Crippen LogP contribution in [0, 0.1) is 9.49 Å². The second-order valence-electron chi connectivity index (χ2n) is 6.31. The van der Waals surface area contributed by atoms with Crippen LogP contribution in [0.4, 0.5) is 0 Å². The molecule has 1 N–H and O–H groups in total. The summed E-state index contributed by atoms with van der Waals surface area (Å²) < 4.78 is 3.18. The summed E-state index contributed by atoms with van der Waals surface area (Å²) >= 11 is 2.37. The van der Waals surface area contributed by atoms with E-state index in [9.17, 15) is 5.11 Å². The molecule has 0 saturated heterocycles. The number of aliphatic hydroxyl groups is 1. The molecule has 1 unspecified atom stereocenters. The lowest BCUT2D eigenvalue weighted by Gasteiger charge is -2.27. The third kappa shape index (κ3) is 4.44. The maximum atomic E-state index is 10.8. The van der Waals surface area contributed by atoms with Crippen LogP contribution in [0.25, 0.3) is 11.8 Å². The topological polar surface area (TPSA) is 38.0 Å². The Hall–Kier alpha value is -1.14. The molecule has 1 fully saturated rings. The largest absolute Gasteiger partial charge is 0.392 e. The number of hydrogen-bond acceptors (Lipinski definition) is 2. The predicted octanol–water partition coefficient (Wildman–Crippen LogP) is 4.82. The summed E-state index contributed by atoms with van der Waals surface area (Å²) in [5.41, 5.74) is 2.38. The highest BCUT2D eigenvalue weighted by molar-refractivity contribution is 14.1. The molecule has 3 nitrogen and oxygen atoms in total. The van der Waals surface area contributed by atoms with Crippen LogP contribution >= 0.6 is 22.6 Å². The smallest absolute Gasteiger partial charge is 0.0986 e. The molecule has 1 atom stereocenters. The van der Waals surface area contributed by atoms with E-state index in [0.717, 1.165) is 12.8 Å². The van der Waals surface area contributed by atoms with Crippen LogP contribution in [0.5, 0.6) is 0 Å². The number of aromatic nitrogens is 2. The van der Waals surface area contributed by atoms with Gasteiger partial charge in [0.1, 0.15) is 0 Å². The van der Waals surface area contributed by atoms with E-state index >= 15 is 0 Å². The number of benzene rings is 1. The molecule has 23 heavy (non-hydrogen) atoms. The Bertz CT molecular complexity index is 645. The van der Waals surface area contributed by atoms with Gasteiger partial charge in [0.15, 0.2) is 0 Å². The van der Waals surface area contributed by atoms with Crippen molar-refractivity contribution in [2.24, 2.45) is 5.92 Å². The zero-order valence-electron chi connectivity index (χ0n) is 13.2. The normalized spacial score (nSPS) is 18.1. The van der Waals surface area contributed by atoms with E-state index in [1.165, 1.54) is 34.0 Å². The number of nitrogens with zero attached hydrogens (tertiary/aromatic N) is 2. The molecule has 0 bridgehead atoms. The first-order valence-corrected chi connectivity index (χ1v) is 9.43. The molecule has 1 heterocycles. The van der Waals surface area contributed by atoms with E-state index < -0.39 is 0 Å². The molecule has 1 aliphatic rings. The van der Waals surface area contributed by atoms with Gasteiger partial charge in [0.05, 0.1) is 12.4 Å². The molecule has 122 valence electrons. The van der Waals surface area contributed by atoms with Gasteiger partial charge in [-0.15, -0.1) is 0 Å². The molecule has 4 heteroatoms. The first-order chi connectivity index (χ1) is 11.2. The van der Waals surface area contributed by atoms with Gasteiger partial charge in [-0.25, -0.2) is 4.98 Å². The first-order valence-electron chi connectivity index (χ1n) is 8.35. The number of hydrogen-bond donors (Lipinski definition) is 1. The van der Waals surface area contributed by atoms with Crippen molar-refractivity contribution in [1.29, 1.82) is 0 Å². The number of rotatable bonds is 5. The van der Waals surface area contributed by atoms with Crippen molar-refractivity contribution in [2.75, 3.05) is 0 Å². The monoisotopic (exact) mass is 422 g/mol. The van der Waals surface area contributed by atoms with Crippen molar-refractivity contribution in [1.82, 2.24) is 9.55 Å². The summed E-state index contributed by atoms with van der Waals surface area (Å²) in [7, 11) is 0. The van der Waals surface area contributed by atoms with Crippen LogP contribution in [0.2, 0.25) is 0 Å². The van der Waals surface area contributed by atoms with Crippen molar-refractivity contribution in [3.05, 3.63) is 52.1 Å². The van der Waals surface area contributed by atoms with Crippen molar-refractivity contribution >= 4 is 34.4 Å². The zero-order valence-corrected chi connectivity index (χ0v) is 15.4. The number of aliphatic hydroxyl groups excluding tert-OH is 1. The Morgan fingerprint density at radius 2 is 2.09 bits per heavy atom. The SMILES string of the molecule is OC(C/C(=C\n1ccnc1)c1ccccc1I)C1CCCCC1. The highest BCUT2D eigenvalue weighted by Crippen LogP contribution is 2.32. The summed E-state index contributed by atoms with van der Waals surface area (Å²) in [5, 5.41) is 10.8. The molecule has 2 aromatic rings. The van der Waals surface area contributed by atoms with E-state index in [1.807, 2.05) is 10.8 Å². The average Bonchev–Trinajstić information content (AvgIpc) is 3.08. The van der Waals surface area contributed by atoms with Crippen molar-refractivity contribution < 1.29 is 5.11 Å². The molecule has 0 amide bonds. The highest BCUT2D eigenvalue weighted by Gasteiger charge is 2.23. The quantitative estimate of drug-likeness (QED) is 0.702. The van der Waals surface area contributed by atoms with Gasteiger partial charge < -0.3 is 9.67 Å². The summed E-state index contributed by atoms with van der Waals surface area (Å²) in [6, 6.07) is 8.37. The predicted molar refractivity (Wildman–Crippen MR) is 103 cm³/mol. The van der Waals surface area contributed by atoms with E-state index in [2.05, 4.69) is 58.0 Å². The Labute approximate surface area is 151 Å². The summed E-state index contributed by atoms with van der Waals surface area (Å²) in [5.74, 6) is 0.441. The first kappa shape index (κ1) is 16.7. The summed E-state index contributed by atoms with van der Waals surface area (Å²) in [6.07, 6.45) is 14.2. The fraction of sp³-hybridized carbons (Fsp3) is 0.421. The third-order valence-corrected chi connectivity index (χ3v) is 5.61. The van der Waals surface area contributed by atoms with Crippen LogP contribution < -0.4 is 0 Å². The lowest BCUT2D eigenvalue weighted by Crippen LogP contribution is -2.23. The van der Waals surface area contributed by atoms with Crippen molar-refractivity contribution in [2.45, 2.75) is 44.6 Å². The van der Waals surface area contributed by atoms with E-state index in [0.29, 0.717) is 12.3 Å². The van der Waals surface area contributed by atoms with Crippen molar-refractivity contribution in [3.8, 4) is 0 Å². The van der Waals surface area contributed by atoms with Crippen LogP contribution in [-0.2, 0) is 0 Å². The molecular formula is C19H23IN2O. The standard InChI is InChI=1S/C19H23IN2O/c20-18-9-5-4-8-17(18)16(13-22-11-10-21-14-22)12-19(23)15-6-2-1-3-7-15/h4-5,8-11,13-15,19,23H,1-3,6-7,12H2/b16-13+. The van der Waals surface area contributed by atoms with E-state index in [1.54, 1.807) is 12.5 Å². The molecule has 0 radical (unpaired) electrons. The van der Waals surface area contributed by atoms with Gasteiger partial charge in [-0.3, -0.25) is 0 Å². The molecular weight excluding hydrogens is 399 g/mol. The van der Waals surface area contributed by atoms with Gasteiger partial charge in [-0.05, 0) is 58.6 Å². The lowest BCUT2D eigenvalue weighted by atomic mass is 9.82. The second kappa shape index (κ2) is 8.11. The summed E-state index contributed by atoms with van der Waals surface area (Å²) in [4.78, 5) is 4.11. The third-order valence-electron chi connectivity index (χ3n) is 4.67. The van der Waals surface area contributed by atoms with E-state index in [4.69, 9.17) is 0 Å². The van der Waals surface area contributed by atoms with Gasteiger partial charge in [0.25, 0.3) is 0 Å². The fourth-order valence-corrected chi connectivity index (χ4v) is 4.12. The van der Waals surface area contributed by atoms with Gasteiger partial charge in [0.2, 0.25) is 0 Å². The molecule has 1 aromatic carbocycles. The zero-order chi connectivity index (χ0) is 16.1. The molecule has 0 aliphatic heterocycles. The Morgan fingerprint density at radius 3 is 2.78 bits per heavy atom. The lowest BCUT2D eigenvalue weighted by molar-refractivity contribution is 0.0893. The Morgan fingerprint density at radius 1 is 1.30 bits per heavy atom. The van der Waals surface area contributed by atoms with Crippen LogP contribution in [0.15, 0.2) is 43.0 Å². The maximum absolute atomic E-state index is 10.8. The van der Waals surface area contributed by atoms with Gasteiger partial charge in [0, 0.05) is 28.6 Å². The number of halogens is 1. The minimum atomic E-state index is -0.263. The minimum absolute atomic E-state index is 0.263. The highest BCUT2D eigenvalue weighted by atomic mass is 127. The summed E-state index contributed by atoms with van der Waals surface area (Å²) in [6.45, 7) is 0. The second-order valence-corrected chi connectivity index (χ2v) is 7.48. The maximum Gasteiger partial charge on any atom is 0.0986 e. The molecule has 1 aromatic heterocycles. The van der Waals surface area contributed by atoms with Gasteiger partial charge in [-0.1, -0.05) is 37.5 Å². The van der Waals surface area contributed by atoms with Crippen LogP contribution in [0.3, 0.4) is 0 Å². The molecule has 1 saturated carbocycles. The van der Waals surface area contributed by atoms with Crippen LogP contribution in [0.1, 0.15) is 44.1 Å². The molecule has 3 rings (SSSR count). The average molecular weight is 422 g/mol. The molecule has 1 aliphatic carbocycles. The minimum Gasteiger partial charge on any atom is -0.392 e. The Kier molecular flexibility index (Phi) is 5.89. The Balaban J connectivity index is 1.85. The number of imidazole rings is 1. The van der Waals surface area contributed by atoms with Gasteiger partial charge >= 0.3 is 0 Å².